The number of morpholine rings is 1. The van der Waals surface area contributed by atoms with Crippen LogP contribution >= 0.6 is 0 Å². The molecule has 0 aromatic heterocycles. The van der Waals surface area contributed by atoms with Gasteiger partial charge in [-0.05, 0) is 37.1 Å². The van der Waals surface area contributed by atoms with Crippen molar-refractivity contribution in [2.75, 3.05) is 32.0 Å². The summed E-state index contributed by atoms with van der Waals surface area (Å²) in [5, 5.41) is 10.1. The highest BCUT2D eigenvalue weighted by Crippen LogP contribution is 2.26. The van der Waals surface area contributed by atoms with E-state index >= 15 is 0 Å². The first-order chi connectivity index (χ1) is 9.69. The molecular formula is C15H22N2O3. The summed E-state index contributed by atoms with van der Waals surface area (Å²) in [6.45, 7) is 2.80. The van der Waals surface area contributed by atoms with Crippen LogP contribution in [-0.4, -0.2) is 54.6 Å². The number of nitrogen functional groups attached to an aromatic ring is 1. The first-order valence-corrected chi connectivity index (χ1v) is 7.23. The van der Waals surface area contributed by atoms with Crippen molar-refractivity contribution in [3.63, 3.8) is 0 Å². The van der Waals surface area contributed by atoms with Gasteiger partial charge in [0.1, 0.15) is 18.5 Å². The fraction of sp³-hybridized carbons (Fsp3) is 0.600. The molecule has 2 aliphatic rings. The van der Waals surface area contributed by atoms with Crippen molar-refractivity contribution in [3.05, 3.63) is 24.3 Å². The van der Waals surface area contributed by atoms with Gasteiger partial charge in [0.05, 0.1) is 12.2 Å². The first kappa shape index (κ1) is 13.7. The lowest BCUT2D eigenvalue weighted by molar-refractivity contribution is -0.0528. The lowest BCUT2D eigenvalue weighted by atomic mass is 10.2. The Morgan fingerprint density at radius 2 is 1.90 bits per heavy atom. The van der Waals surface area contributed by atoms with Crippen molar-refractivity contribution in [1.82, 2.24) is 4.90 Å². The molecule has 2 heterocycles. The summed E-state index contributed by atoms with van der Waals surface area (Å²) in [4.78, 5) is 2.28. The standard InChI is InChI=1S/C15H22N2O3/c16-11-1-3-13(4-2-11)19-10-12(18)7-17-8-14-5-6-15(9-17)20-14/h1-4,12,14-15,18H,5-10,16H2. The van der Waals surface area contributed by atoms with Crippen molar-refractivity contribution in [1.29, 1.82) is 0 Å². The number of benzene rings is 1. The van der Waals surface area contributed by atoms with Crippen LogP contribution < -0.4 is 10.5 Å². The topological polar surface area (TPSA) is 68.0 Å². The predicted octanol–water partition coefficient (Wildman–Crippen LogP) is 0.872. The minimum Gasteiger partial charge on any atom is -0.491 e. The summed E-state index contributed by atoms with van der Waals surface area (Å²) in [5.74, 6) is 0.736. The highest BCUT2D eigenvalue weighted by Gasteiger charge is 2.34. The summed E-state index contributed by atoms with van der Waals surface area (Å²) >= 11 is 0. The maximum absolute atomic E-state index is 10.1. The summed E-state index contributed by atoms with van der Waals surface area (Å²) in [5.41, 5.74) is 6.32. The maximum Gasteiger partial charge on any atom is 0.119 e. The van der Waals surface area contributed by atoms with E-state index in [1.807, 2.05) is 12.1 Å². The minimum atomic E-state index is -0.481. The first-order valence-electron chi connectivity index (χ1n) is 7.23. The molecule has 0 aliphatic carbocycles. The number of hydrogen-bond donors (Lipinski definition) is 2. The average molecular weight is 278 g/mol. The molecule has 5 nitrogen and oxygen atoms in total. The minimum absolute atomic E-state index is 0.302. The Bertz CT molecular complexity index is 425. The molecule has 2 fully saturated rings. The van der Waals surface area contributed by atoms with Gasteiger partial charge in [0.2, 0.25) is 0 Å². The van der Waals surface area contributed by atoms with Gasteiger partial charge in [-0.15, -0.1) is 0 Å². The Morgan fingerprint density at radius 3 is 2.55 bits per heavy atom. The third-order valence-corrected chi connectivity index (χ3v) is 3.91. The fourth-order valence-corrected chi connectivity index (χ4v) is 2.96. The van der Waals surface area contributed by atoms with E-state index in [9.17, 15) is 5.11 Å². The van der Waals surface area contributed by atoms with Gasteiger partial charge in [0.15, 0.2) is 0 Å². The highest BCUT2D eigenvalue weighted by atomic mass is 16.5. The lowest BCUT2D eigenvalue weighted by Crippen LogP contribution is -2.46. The molecule has 2 saturated heterocycles. The number of aliphatic hydroxyl groups is 1. The number of likely N-dealkylation sites (tertiary alicyclic amines) is 1. The molecule has 5 heteroatoms. The van der Waals surface area contributed by atoms with Gasteiger partial charge in [-0.25, -0.2) is 0 Å². The van der Waals surface area contributed by atoms with Gasteiger partial charge in [-0.1, -0.05) is 0 Å². The molecule has 1 aromatic rings. The Labute approximate surface area is 119 Å². The predicted molar refractivity (Wildman–Crippen MR) is 76.7 cm³/mol. The molecular weight excluding hydrogens is 256 g/mol. The molecule has 0 radical (unpaired) electrons. The molecule has 2 bridgehead atoms. The Hall–Kier alpha value is -1.30. The van der Waals surface area contributed by atoms with E-state index in [1.54, 1.807) is 12.1 Å². The van der Waals surface area contributed by atoms with E-state index in [0.717, 1.165) is 31.7 Å². The quantitative estimate of drug-likeness (QED) is 0.782. The van der Waals surface area contributed by atoms with Crippen LogP contribution in [0.25, 0.3) is 0 Å². The zero-order valence-corrected chi connectivity index (χ0v) is 11.6. The number of fused-ring (bicyclic) bond motifs is 2. The summed E-state index contributed by atoms with van der Waals surface area (Å²) < 4.78 is 11.4. The smallest absolute Gasteiger partial charge is 0.119 e. The van der Waals surface area contributed by atoms with Crippen molar-refractivity contribution in [3.8, 4) is 5.75 Å². The number of ether oxygens (including phenoxy) is 2. The Morgan fingerprint density at radius 1 is 1.25 bits per heavy atom. The molecule has 1 aromatic carbocycles. The lowest BCUT2D eigenvalue weighted by Gasteiger charge is -2.33. The zero-order valence-electron chi connectivity index (χ0n) is 11.6. The van der Waals surface area contributed by atoms with E-state index in [-0.39, 0.29) is 0 Å². The molecule has 3 atom stereocenters. The number of β-amino-alcohol motifs (C(OH)–C–C–N with tert-alkyl or cyclic N) is 1. The maximum atomic E-state index is 10.1. The van der Waals surface area contributed by atoms with Crippen LogP contribution in [0.1, 0.15) is 12.8 Å². The van der Waals surface area contributed by atoms with E-state index < -0.39 is 6.10 Å². The van der Waals surface area contributed by atoms with Gasteiger partial charge in [-0.2, -0.15) is 0 Å². The van der Waals surface area contributed by atoms with Crippen molar-refractivity contribution >= 4 is 5.69 Å². The summed E-state index contributed by atoms with van der Waals surface area (Å²) in [6.07, 6.45) is 2.54. The van der Waals surface area contributed by atoms with Crippen LogP contribution in [0.3, 0.4) is 0 Å². The van der Waals surface area contributed by atoms with Crippen LogP contribution in [0.2, 0.25) is 0 Å². The van der Waals surface area contributed by atoms with E-state index in [2.05, 4.69) is 4.90 Å². The van der Waals surface area contributed by atoms with Gasteiger partial charge < -0.3 is 20.3 Å². The monoisotopic (exact) mass is 278 g/mol. The molecule has 20 heavy (non-hydrogen) atoms. The van der Waals surface area contributed by atoms with Crippen LogP contribution in [-0.2, 0) is 4.74 Å². The van der Waals surface area contributed by atoms with E-state index in [0.29, 0.717) is 31.0 Å². The average Bonchev–Trinajstić information content (AvgIpc) is 2.77. The van der Waals surface area contributed by atoms with E-state index in [4.69, 9.17) is 15.2 Å². The molecule has 3 N–H and O–H groups in total. The Balaban J connectivity index is 1.43. The fourth-order valence-electron chi connectivity index (χ4n) is 2.96. The third kappa shape index (κ3) is 3.42. The van der Waals surface area contributed by atoms with Crippen molar-refractivity contribution < 1.29 is 14.6 Å². The van der Waals surface area contributed by atoms with E-state index in [1.165, 1.54) is 0 Å². The number of hydrogen-bond acceptors (Lipinski definition) is 5. The second-order valence-electron chi connectivity index (χ2n) is 5.71. The van der Waals surface area contributed by atoms with Crippen LogP contribution in [0.4, 0.5) is 5.69 Å². The number of nitrogens with two attached hydrogens (primary N) is 1. The highest BCUT2D eigenvalue weighted by molar-refractivity contribution is 5.41. The van der Waals surface area contributed by atoms with Crippen LogP contribution in [0.5, 0.6) is 5.75 Å². The van der Waals surface area contributed by atoms with Crippen LogP contribution in [0.15, 0.2) is 24.3 Å². The summed E-state index contributed by atoms with van der Waals surface area (Å²) in [6, 6.07) is 7.22. The number of nitrogens with zero attached hydrogens (tertiary/aromatic N) is 1. The second-order valence-corrected chi connectivity index (χ2v) is 5.71. The zero-order chi connectivity index (χ0) is 13.9. The molecule has 2 aliphatic heterocycles. The molecule has 0 saturated carbocycles. The van der Waals surface area contributed by atoms with Crippen LogP contribution in [0, 0.1) is 0 Å². The van der Waals surface area contributed by atoms with Gasteiger partial charge in [0.25, 0.3) is 0 Å². The van der Waals surface area contributed by atoms with Crippen molar-refractivity contribution in [2.24, 2.45) is 0 Å². The molecule has 3 rings (SSSR count). The number of aliphatic hydroxyl groups excluding tert-OH is 1. The van der Waals surface area contributed by atoms with Gasteiger partial charge >= 0.3 is 0 Å². The second kappa shape index (κ2) is 5.99. The number of rotatable bonds is 5. The molecule has 0 spiro atoms. The molecule has 0 amide bonds. The third-order valence-electron chi connectivity index (χ3n) is 3.91. The molecule has 110 valence electrons. The SMILES string of the molecule is Nc1ccc(OCC(O)CN2CC3CCC(C2)O3)cc1. The normalized spacial score (nSPS) is 27.4. The van der Waals surface area contributed by atoms with Crippen molar-refractivity contribution in [2.45, 2.75) is 31.2 Å². The summed E-state index contributed by atoms with van der Waals surface area (Å²) in [7, 11) is 0. The Kier molecular flexibility index (Phi) is 4.10. The van der Waals surface area contributed by atoms with Gasteiger partial charge in [-0.3, -0.25) is 4.90 Å². The number of anilines is 1. The largest absolute Gasteiger partial charge is 0.491 e. The molecule has 3 unspecified atom stereocenters. The van der Waals surface area contributed by atoms with Gasteiger partial charge in [0, 0.05) is 25.3 Å².